The third kappa shape index (κ3) is 12.8. The minimum Gasteiger partial charge on any atom is -0.376 e. The zero-order valence-electron chi connectivity index (χ0n) is 13.3. The summed E-state index contributed by atoms with van der Waals surface area (Å²) in [5, 5.41) is 0. The van der Waals surface area contributed by atoms with E-state index in [1.807, 2.05) is 0 Å². The van der Waals surface area contributed by atoms with Gasteiger partial charge in [-0.2, -0.15) is 8.42 Å². The van der Waals surface area contributed by atoms with Crippen LogP contribution in [0.4, 0.5) is 0 Å². The van der Waals surface area contributed by atoms with Gasteiger partial charge < -0.3 is 4.74 Å². The van der Waals surface area contributed by atoms with Gasteiger partial charge in [-0.1, -0.05) is 34.6 Å². The molecule has 0 heterocycles. The van der Waals surface area contributed by atoms with Crippen LogP contribution in [0, 0.1) is 17.8 Å². The maximum atomic E-state index is 10.4. The quantitative estimate of drug-likeness (QED) is 0.468. The van der Waals surface area contributed by atoms with Crippen LogP contribution in [0.1, 0.15) is 53.9 Å². The molecule has 0 spiro atoms. The van der Waals surface area contributed by atoms with Crippen molar-refractivity contribution in [3.8, 4) is 0 Å². The average Bonchev–Trinajstić information content (AvgIpc) is 2.20. The van der Waals surface area contributed by atoms with Crippen molar-refractivity contribution in [2.24, 2.45) is 17.8 Å². The minimum atomic E-state index is -4.36. The van der Waals surface area contributed by atoms with Crippen LogP contribution < -0.4 is 0 Å². The molecule has 0 radical (unpaired) electrons. The highest BCUT2D eigenvalue weighted by atomic mass is 32.3. The molecule has 0 aromatic rings. The smallest absolute Gasteiger partial charge is 0.376 e. The lowest BCUT2D eigenvalue weighted by atomic mass is 9.91. The van der Waals surface area contributed by atoms with Crippen LogP contribution in [0.2, 0.25) is 0 Å². The largest absolute Gasteiger partial charge is 0.397 e. The van der Waals surface area contributed by atoms with Gasteiger partial charge in [0.05, 0.1) is 19.3 Å². The summed E-state index contributed by atoms with van der Waals surface area (Å²) in [6.07, 6.45) is 3.16. The van der Waals surface area contributed by atoms with Crippen molar-refractivity contribution in [3.63, 3.8) is 0 Å². The first-order chi connectivity index (χ1) is 9.10. The van der Waals surface area contributed by atoms with Crippen LogP contribution >= 0.6 is 0 Å². The van der Waals surface area contributed by atoms with E-state index in [1.165, 1.54) is 0 Å². The van der Waals surface area contributed by atoms with Crippen LogP contribution in [0.3, 0.4) is 0 Å². The van der Waals surface area contributed by atoms with Gasteiger partial charge in [-0.15, -0.1) is 0 Å². The lowest BCUT2D eigenvalue weighted by Crippen LogP contribution is -2.22. The molecule has 0 saturated heterocycles. The van der Waals surface area contributed by atoms with E-state index >= 15 is 0 Å². The summed E-state index contributed by atoms with van der Waals surface area (Å²) in [5.41, 5.74) is 0. The fraction of sp³-hybridized carbons (Fsp3) is 1.00. The van der Waals surface area contributed by atoms with Gasteiger partial charge >= 0.3 is 10.4 Å². The SMILES string of the molecule is CC(C)CC(C)CC(CC(C)C)OCCOS(=O)(=O)O. The molecule has 6 heteroatoms. The van der Waals surface area contributed by atoms with Crippen molar-refractivity contribution < 1.29 is 21.9 Å². The molecule has 20 heavy (non-hydrogen) atoms. The predicted octanol–water partition coefficient (Wildman–Crippen LogP) is 3.31. The zero-order valence-corrected chi connectivity index (χ0v) is 14.1. The normalized spacial score (nSPS) is 15.8. The van der Waals surface area contributed by atoms with Crippen molar-refractivity contribution in [2.75, 3.05) is 13.2 Å². The van der Waals surface area contributed by atoms with Gasteiger partial charge in [0.25, 0.3) is 0 Å². The van der Waals surface area contributed by atoms with Gasteiger partial charge in [0.1, 0.15) is 0 Å². The molecule has 0 bridgehead atoms. The molecular formula is C14H30O5S. The van der Waals surface area contributed by atoms with Crippen LogP contribution in [-0.4, -0.2) is 32.3 Å². The summed E-state index contributed by atoms with van der Waals surface area (Å²) in [7, 11) is -4.36. The minimum absolute atomic E-state index is 0.105. The Morgan fingerprint density at radius 2 is 1.45 bits per heavy atom. The zero-order chi connectivity index (χ0) is 15.8. The second-order valence-electron chi connectivity index (χ2n) is 6.34. The Balaban J connectivity index is 4.14. The number of rotatable bonds is 11. The van der Waals surface area contributed by atoms with Gasteiger partial charge in [-0.25, -0.2) is 4.18 Å². The van der Waals surface area contributed by atoms with Gasteiger partial charge in [0.15, 0.2) is 0 Å². The van der Waals surface area contributed by atoms with Crippen molar-refractivity contribution in [1.29, 1.82) is 0 Å². The molecule has 0 aliphatic carbocycles. The highest BCUT2D eigenvalue weighted by molar-refractivity contribution is 7.80. The van der Waals surface area contributed by atoms with Gasteiger partial charge in [0, 0.05) is 0 Å². The predicted molar refractivity (Wildman–Crippen MR) is 79.9 cm³/mol. The molecule has 0 aromatic carbocycles. The molecule has 122 valence electrons. The number of hydrogen-bond acceptors (Lipinski definition) is 4. The van der Waals surface area contributed by atoms with E-state index in [0.717, 1.165) is 19.3 Å². The highest BCUT2D eigenvalue weighted by Crippen LogP contribution is 2.21. The van der Waals surface area contributed by atoms with Gasteiger partial charge in [-0.3, -0.25) is 4.55 Å². The third-order valence-corrected chi connectivity index (χ3v) is 3.41. The summed E-state index contributed by atoms with van der Waals surface area (Å²) in [6, 6.07) is 0. The van der Waals surface area contributed by atoms with Crippen molar-refractivity contribution >= 4 is 10.4 Å². The van der Waals surface area contributed by atoms with Crippen molar-refractivity contribution in [3.05, 3.63) is 0 Å². The topological polar surface area (TPSA) is 72.8 Å². The Morgan fingerprint density at radius 1 is 0.900 bits per heavy atom. The summed E-state index contributed by atoms with van der Waals surface area (Å²) in [4.78, 5) is 0. The lowest BCUT2D eigenvalue weighted by Gasteiger charge is -2.24. The molecule has 2 unspecified atom stereocenters. The van der Waals surface area contributed by atoms with E-state index in [1.54, 1.807) is 0 Å². The Morgan fingerprint density at radius 3 is 1.90 bits per heavy atom. The molecule has 0 saturated carbocycles. The Bertz CT molecular complexity index is 337. The van der Waals surface area contributed by atoms with Crippen LogP contribution in [0.5, 0.6) is 0 Å². The summed E-state index contributed by atoms with van der Waals surface area (Å²) >= 11 is 0. The van der Waals surface area contributed by atoms with Crippen LogP contribution in [-0.2, 0) is 19.3 Å². The van der Waals surface area contributed by atoms with E-state index in [4.69, 9.17) is 9.29 Å². The molecule has 0 aliphatic rings. The van der Waals surface area contributed by atoms with E-state index in [2.05, 4.69) is 38.8 Å². The molecule has 5 nitrogen and oxygen atoms in total. The van der Waals surface area contributed by atoms with Gasteiger partial charge in [-0.05, 0) is 37.0 Å². The van der Waals surface area contributed by atoms with E-state index in [9.17, 15) is 8.42 Å². The fourth-order valence-corrected chi connectivity index (χ4v) is 2.74. The fourth-order valence-electron chi connectivity index (χ4n) is 2.46. The molecule has 0 rings (SSSR count). The van der Waals surface area contributed by atoms with E-state index < -0.39 is 10.4 Å². The molecule has 2 atom stereocenters. The van der Waals surface area contributed by atoms with E-state index in [-0.39, 0.29) is 19.3 Å². The van der Waals surface area contributed by atoms with Crippen molar-refractivity contribution in [1.82, 2.24) is 0 Å². The standard InChI is InChI=1S/C14H30O5S/c1-11(2)8-13(5)10-14(9-12(3)4)18-6-7-19-20(15,16)17/h11-14H,6-10H2,1-5H3,(H,15,16,17). The van der Waals surface area contributed by atoms with E-state index in [0.29, 0.717) is 17.8 Å². The molecule has 0 fully saturated rings. The maximum absolute atomic E-state index is 10.4. The second kappa shape index (κ2) is 9.71. The van der Waals surface area contributed by atoms with Crippen LogP contribution in [0.15, 0.2) is 0 Å². The number of ether oxygens (including phenoxy) is 1. The summed E-state index contributed by atoms with van der Waals surface area (Å²) in [5.74, 6) is 1.75. The second-order valence-corrected chi connectivity index (χ2v) is 7.43. The average molecular weight is 310 g/mol. The van der Waals surface area contributed by atoms with Crippen molar-refractivity contribution in [2.45, 2.75) is 60.0 Å². The number of hydrogen-bond donors (Lipinski definition) is 1. The summed E-state index contributed by atoms with van der Waals surface area (Å²) in [6.45, 7) is 10.9. The Labute approximate surface area is 124 Å². The Kier molecular flexibility index (Phi) is 9.63. The molecular weight excluding hydrogens is 280 g/mol. The maximum Gasteiger partial charge on any atom is 0.397 e. The first-order valence-electron chi connectivity index (χ1n) is 7.33. The first kappa shape index (κ1) is 19.8. The molecule has 0 amide bonds. The molecule has 1 N–H and O–H groups in total. The monoisotopic (exact) mass is 310 g/mol. The Hall–Kier alpha value is -0.170. The molecule has 0 aliphatic heterocycles. The van der Waals surface area contributed by atoms with Gasteiger partial charge in [0.2, 0.25) is 0 Å². The first-order valence-corrected chi connectivity index (χ1v) is 8.70. The van der Waals surface area contributed by atoms with Crippen LogP contribution in [0.25, 0.3) is 0 Å². The summed E-state index contributed by atoms with van der Waals surface area (Å²) < 4.78 is 39.3. The third-order valence-electron chi connectivity index (χ3n) is 2.94. The highest BCUT2D eigenvalue weighted by Gasteiger charge is 2.17. The molecule has 0 aromatic heterocycles. The lowest BCUT2D eigenvalue weighted by molar-refractivity contribution is 0.00712.